The first-order valence-corrected chi connectivity index (χ1v) is 9.37. The molecule has 2 aromatic carbocycles. The van der Waals surface area contributed by atoms with Crippen molar-refractivity contribution < 1.29 is 23.9 Å². The van der Waals surface area contributed by atoms with Crippen LogP contribution in [0.25, 0.3) is 0 Å². The van der Waals surface area contributed by atoms with Gasteiger partial charge >= 0.3 is 5.97 Å². The van der Waals surface area contributed by atoms with E-state index in [1.54, 1.807) is 36.7 Å². The summed E-state index contributed by atoms with van der Waals surface area (Å²) in [6, 6.07) is 14.1. The molecule has 0 saturated heterocycles. The van der Waals surface area contributed by atoms with Crippen LogP contribution in [0.3, 0.4) is 0 Å². The Morgan fingerprint density at radius 3 is 2.23 bits per heavy atom. The van der Waals surface area contributed by atoms with Gasteiger partial charge in [0.2, 0.25) is 0 Å². The number of pyridine rings is 1. The Morgan fingerprint density at radius 2 is 1.55 bits per heavy atom. The molecule has 4 rings (SSSR count). The molecular formula is C23H17N3O5. The summed E-state index contributed by atoms with van der Waals surface area (Å²) >= 11 is 0. The first kappa shape index (κ1) is 20.0. The third-order valence-corrected chi connectivity index (χ3v) is 4.89. The summed E-state index contributed by atoms with van der Waals surface area (Å²) in [6.45, 7) is 0.128. The average Bonchev–Trinajstić information content (AvgIpc) is 3.04. The molecule has 154 valence electrons. The number of esters is 1. The van der Waals surface area contributed by atoms with E-state index in [1.165, 1.54) is 37.4 Å². The molecule has 0 radical (unpaired) electrons. The van der Waals surface area contributed by atoms with Crippen molar-refractivity contribution in [1.29, 1.82) is 0 Å². The quantitative estimate of drug-likeness (QED) is 0.507. The van der Waals surface area contributed by atoms with E-state index >= 15 is 0 Å². The number of amides is 3. The Balaban J connectivity index is 1.51. The zero-order chi connectivity index (χ0) is 22.0. The minimum absolute atomic E-state index is 0.128. The first-order chi connectivity index (χ1) is 15.0. The van der Waals surface area contributed by atoms with E-state index in [2.05, 4.69) is 15.0 Å². The van der Waals surface area contributed by atoms with Crippen LogP contribution in [0.4, 0.5) is 5.69 Å². The highest BCUT2D eigenvalue weighted by Gasteiger charge is 2.36. The second kappa shape index (κ2) is 8.19. The highest BCUT2D eigenvalue weighted by Crippen LogP contribution is 2.26. The molecule has 0 saturated carbocycles. The van der Waals surface area contributed by atoms with E-state index in [0.717, 1.165) is 10.5 Å². The van der Waals surface area contributed by atoms with Gasteiger partial charge in [0.1, 0.15) is 0 Å². The van der Waals surface area contributed by atoms with Crippen LogP contribution in [0, 0.1) is 0 Å². The van der Waals surface area contributed by atoms with E-state index < -0.39 is 23.7 Å². The molecule has 1 N–H and O–H groups in total. The molecule has 1 aromatic heterocycles. The number of carbonyl (C=O) groups excluding carboxylic acids is 4. The Kier molecular flexibility index (Phi) is 5.28. The van der Waals surface area contributed by atoms with Crippen molar-refractivity contribution in [3.05, 3.63) is 94.8 Å². The predicted molar refractivity (Wildman–Crippen MR) is 111 cm³/mol. The van der Waals surface area contributed by atoms with E-state index in [1.807, 2.05) is 0 Å². The number of carbonyl (C=O) groups is 4. The van der Waals surface area contributed by atoms with Gasteiger partial charge < -0.3 is 10.1 Å². The molecule has 8 heteroatoms. The van der Waals surface area contributed by atoms with Crippen molar-refractivity contribution >= 4 is 29.4 Å². The van der Waals surface area contributed by atoms with E-state index in [0.29, 0.717) is 11.3 Å². The Bertz CT molecular complexity index is 1190. The van der Waals surface area contributed by atoms with Gasteiger partial charge in [0, 0.05) is 23.6 Å². The fraction of sp³-hybridized carbons (Fsp3) is 0.0870. The number of hydrogen-bond donors (Lipinski definition) is 1. The number of nitrogens with one attached hydrogen (secondary N) is 1. The highest BCUT2D eigenvalue weighted by atomic mass is 16.5. The number of aromatic nitrogens is 1. The lowest BCUT2D eigenvalue weighted by molar-refractivity contribution is 0.0597. The SMILES string of the molecule is COC(=O)c1ccc(NC(=O)c2ccc3c(c2)C(=O)N(Cc2ccncc2)C3=O)cc1. The summed E-state index contributed by atoms with van der Waals surface area (Å²) in [6.07, 6.45) is 3.18. The van der Waals surface area contributed by atoms with Crippen molar-refractivity contribution in [2.75, 3.05) is 12.4 Å². The van der Waals surface area contributed by atoms with Crippen molar-refractivity contribution in [2.24, 2.45) is 0 Å². The molecule has 8 nitrogen and oxygen atoms in total. The standard InChI is InChI=1S/C23H17N3O5/c1-31-23(30)15-2-5-17(6-3-15)25-20(27)16-4-7-18-19(12-16)22(29)26(21(18)28)13-14-8-10-24-11-9-14/h2-12H,13H2,1H3,(H,25,27). The maximum atomic E-state index is 12.8. The zero-order valence-corrected chi connectivity index (χ0v) is 16.5. The normalized spacial score (nSPS) is 12.5. The van der Waals surface area contributed by atoms with Gasteiger partial charge in [-0.1, -0.05) is 0 Å². The number of methoxy groups -OCH3 is 1. The number of benzene rings is 2. The topological polar surface area (TPSA) is 106 Å². The molecule has 1 aliphatic rings. The molecule has 31 heavy (non-hydrogen) atoms. The summed E-state index contributed by atoms with van der Waals surface area (Å²) in [5.41, 5.74) is 2.29. The lowest BCUT2D eigenvalue weighted by Crippen LogP contribution is -2.29. The van der Waals surface area contributed by atoms with Gasteiger partial charge in [-0.2, -0.15) is 0 Å². The van der Waals surface area contributed by atoms with E-state index in [-0.39, 0.29) is 23.2 Å². The molecule has 0 unspecified atom stereocenters. The third-order valence-electron chi connectivity index (χ3n) is 4.89. The van der Waals surface area contributed by atoms with Crippen LogP contribution in [0.1, 0.15) is 47.0 Å². The van der Waals surface area contributed by atoms with Crippen LogP contribution in [-0.2, 0) is 11.3 Å². The molecule has 3 aromatic rings. The highest BCUT2D eigenvalue weighted by molar-refractivity contribution is 6.22. The third kappa shape index (κ3) is 3.91. The second-order valence-electron chi connectivity index (χ2n) is 6.84. The van der Waals surface area contributed by atoms with Crippen LogP contribution in [0.15, 0.2) is 67.0 Å². The summed E-state index contributed by atoms with van der Waals surface area (Å²) in [7, 11) is 1.29. The number of nitrogens with zero attached hydrogens (tertiary/aromatic N) is 2. The van der Waals surface area contributed by atoms with E-state index in [9.17, 15) is 19.2 Å². The van der Waals surface area contributed by atoms with Crippen LogP contribution < -0.4 is 5.32 Å². The average molecular weight is 415 g/mol. The van der Waals surface area contributed by atoms with Crippen LogP contribution in [-0.4, -0.2) is 40.7 Å². The van der Waals surface area contributed by atoms with Crippen molar-refractivity contribution in [3.8, 4) is 0 Å². The molecule has 1 aliphatic heterocycles. The molecule has 0 atom stereocenters. The fourth-order valence-electron chi connectivity index (χ4n) is 3.26. The Hall–Kier alpha value is -4.33. The monoisotopic (exact) mass is 415 g/mol. The molecule has 0 spiro atoms. The van der Waals surface area contributed by atoms with Crippen molar-refractivity contribution in [3.63, 3.8) is 0 Å². The Labute approximate surface area is 177 Å². The smallest absolute Gasteiger partial charge is 0.337 e. The van der Waals surface area contributed by atoms with Gasteiger partial charge in [-0.25, -0.2) is 4.79 Å². The number of hydrogen-bond acceptors (Lipinski definition) is 6. The fourth-order valence-corrected chi connectivity index (χ4v) is 3.26. The van der Waals surface area contributed by atoms with Gasteiger partial charge in [0.05, 0.1) is 30.3 Å². The van der Waals surface area contributed by atoms with Gasteiger partial charge in [-0.3, -0.25) is 24.3 Å². The zero-order valence-electron chi connectivity index (χ0n) is 16.5. The summed E-state index contributed by atoms with van der Waals surface area (Å²) in [5.74, 6) is -1.77. The van der Waals surface area contributed by atoms with Gasteiger partial charge in [-0.15, -0.1) is 0 Å². The number of imide groups is 1. The van der Waals surface area contributed by atoms with Crippen LogP contribution >= 0.6 is 0 Å². The van der Waals surface area contributed by atoms with Gasteiger partial charge in [0.15, 0.2) is 0 Å². The minimum Gasteiger partial charge on any atom is -0.465 e. The molecule has 2 heterocycles. The summed E-state index contributed by atoms with van der Waals surface area (Å²) in [4.78, 5) is 54.6. The van der Waals surface area contributed by atoms with E-state index in [4.69, 9.17) is 0 Å². The Morgan fingerprint density at radius 1 is 0.903 bits per heavy atom. The number of rotatable bonds is 5. The minimum atomic E-state index is -0.476. The van der Waals surface area contributed by atoms with Crippen molar-refractivity contribution in [2.45, 2.75) is 6.54 Å². The lowest BCUT2D eigenvalue weighted by Gasteiger charge is -2.13. The number of anilines is 1. The summed E-state index contributed by atoms with van der Waals surface area (Å²) in [5, 5.41) is 2.70. The molecule has 3 amide bonds. The van der Waals surface area contributed by atoms with Gasteiger partial charge in [-0.05, 0) is 60.2 Å². The molecule has 0 aliphatic carbocycles. The first-order valence-electron chi connectivity index (χ1n) is 9.37. The number of ether oxygens (including phenoxy) is 1. The molecule has 0 bridgehead atoms. The second-order valence-corrected chi connectivity index (χ2v) is 6.84. The molecular weight excluding hydrogens is 398 g/mol. The lowest BCUT2D eigenvalue weighted by atomic mass is 10.1. The summed E-state index contributed by atoms with van der Waals surface area (Å²) < 4.78 is 4.64. The van der Waals surface area contributed by atoms with Crippen molar-refractivity contribution in [1.82, 2.24) is 9.88 Å². The molecule has 0 fully saturated rings. The van der Waals surface area contributed by atoms with Crippen LogP contribution in [0.2, 0.25) is 0 Å². The maximum Gasteiger partial charge on any atom is 0.337 e. The predicted octanol–water partition coefficient (Wildman–Crippen LogP) is 2.92. The maximum absolute atomic E-state index is 12.8. The van der Waals surface area contributed by atoms with Gasteiger partial charge in [0.25, 0.3) is 17.7 Å². The van der Waals surface area contributed by atoms with Crippen LogP contribution in [0.5, 0.6) is 0 Å². The largest absolute Gasteiger partial charge is 0.465 e. The number of fused-ring (bicyclic) bond motifs is 1.